The summed E-state index contributed by atoms with van der Waals surface area (Å²) in [6.07, 6.45) is -0.501. The zero-order valence-corrected chi connectivity index (χ0v) is 15.4. The van der Waals surface area contributed by atoms with Crippen LogP contribution in [0.1, 0.15) is 10.4 Å². The third-order valence-electron chi connectivity index (χ3n) is 3.58. The molecule has 2 rings (SSSR count). The van der Waals surface area contributed by atoms with Crippen LogP contribution in [0.5, 0.6) is 23.0 Å². The molecule has 0 aromatic heterocycles. The molecule has 0 radical (unpaired) electrons. The summed E-state index contributed by atoms with van der Waals surface area (Å²) in [7, 11) is 4.75. The fourth-order valence-electron chi connectivity index (χ4n) is 2.31. The van der Waals surface area contributed by atoms with Crippen molar-refractivity contribution in [2.45, 2.75) is 10.9 Å². The van der Waals surface area contributed by atoms with Gasteiger partial charge in [0.2, 0.25) is 0 Å². The number of halogens is 1. The molecule has 0 unspecified atom stereocenters. The lowest BCUT2D eigenvalue weighted by Crippen LogP contribution is -2.26. The predicted molar refractivity (Wildman–Crippen MR) is 95.7 cm³/mol. The summed E-state index contributed by atoms with van der Waals surface area (Å²) in [6, 6.07) is 12.9. The van der Waals surface area contributed by atoms with Gasteiger partial charge in [-0.1, -0.05) is 34.1 Å². The predicted octanol–water partition coefficient (Wildman–Crippen LogP) is 3.59. The van der Waals surface area contributed by atoms with Crippen molar-refractivity contribution in [3.05, 3.63) is 48.0 Å². The topological polar surface area (TPSA) is 57.2 Å². The highest BCUT2D eigenvalue weighted by Crippen LogP contribution is 2.37. The fourth-order valence-corrected chi connectivity index (χ4v) is 2.87. The van der Waals surface area contributed by atoms with Crippen molar-refractivity contribution in [1.29, 1.82) is 0 Å². The molecule has 0 bridgehead atoms. The Hall–Kier alpha value is -1.92. The molecule has 5 nitrogen and oxygen atoms in total. The van der Waals surface area contributed by atoms with Gasteiger partial charge in [-0.15, -0.1) is 0 Å². The van der Waals surface area contributed by atoms with E-state index in [1.54, 1.807) is 27.4 Å². The average Bonchev–Trinajstić information content (AvgIpc) is 2.65. The number of alkyl halides is 1. The molecule has 1 N–H and O–H groups in total. The van der Waals surface area contributed by atoms with Crippen molar-refractivity contribution in [1.82, 2.24) is 0 Å². The Labute approximate surface area is 150 Å². The van der Waals surface area contributed by atoms with E-state index in [0.717, 1.165) is 5.56 Å². The lowest BCUT2D eigenvalue weighted by molar-refractivity contribution is 0.111. The van der Waals surface area contributed by atoms with Crippen molar-refractivity contribution in [2.24, 2.45) is 0 Å². The van der Waals surface area contributed by atoms with Gasteiger partial charge in [0, 0.05) is 0 Å². The summed E-state index contributed by atoms with van der Waals surface area (Å²) in [5, 5.41) is 9.76. The third-order valence-corrected chi connectivity index (χ3v) is 4.70. The minimum Gasteiger partial charge on any atom is -0.493 e. The van der Waals surface area contributed by atoms with Crippen LogP contribution < -0.4 is 18.9 Å². The van der Waals surface area contributed by atoms with E-state index < -0.39 is 6.10 Å². The summed E-state index contributed by atoms with van der Waals surface area (Å²) in [5.41, 5.74) is 0.904. The Morgan fingerprint density at radius 1 is 0.875 bits per heavy atom. The quantitative estimate of drug-likeness (QED) is 0.690. The number of methoxy groups -OCH3 is 3. The van der Waals surface area contributed by atoms with Gasteiger partial charge in [-0.05, 0) is 29.8 Å². The maximum atomic E-state index is 9.76. The van der Waals surface area contributed by atoms with Crippen LogP contribution in [0.3, 0.4) is 0 Å². The number of hydrogen-bond donors (Lipinski definition) is 1. The maximum absolute atomic E-state index is 9.76. The Morgan fingerprint density at radius 3 is 2.04 bits per heavy atom. The van der Waals surface area contributed by atoms with Crippen molar-refractivity contribution < 1.29 is 24.1 Å². The van der Waals surface area contributed by atoms with Gasteiger partial charge in [0.05, 0.1) is 32.8 Å². The highest BCUT2D eigenvalue weighted by molar-refractivity contribution is 9.09. The number of ether oxygens (including phenoxy) is 4. The van der Waals surface area contributed by atoms with Gasteiger partial charge in [-0.3, -0.25) is 0 Å². The van der Waals surface area contributed by atoms with Crippen LogP contribution in [0.4, 0.5) is 0 Å². The van der Waals surface area contributed by atoms with Crippen LogP contribution in [0, 0.1) is 0 Å². The monoisotopic (exact) mass is 396 g/mol. The van der Waals surface area contributed by atoms with E-state index in [4.69, 9.17) is 18.9 Å². The van der Waals surface area contributed by atoms with Crippen LogP contribution in [0.2, 0.25) is 0 Å². The van der Waals surface area contributed by atoms with Gasteiger partial charge in [-0.2, -0.15) is 0 Å². The Kier molecular flexibility index (Phi) is 6.75. The molecule has 0 amide bonds. The van der Waals surface area contributed by atoms with Crippen molar-refractivity contribution in [3.8, 4) is 23.0 Å². The summed E-state index contributed by atoms with van der Waals surface area (Å²) in [6.45, 7) is -0.164. The second-order valence-electron chi connectivity index (χ2n) is 5.01. The highest BCUT2D eigenvalue weighted by Gasteiger charge is 2.24. The number of aliphatic hydroxyl groups excluding tert-OH is 1. The number of rotatable bonds is 8. The Balaban J connectivity index is 2.24. The van der Waals surface area contributed by atoms with E-state index >= 15 is 0 Å². The molecule has 2 aromatic carbocycles. The SMILES string of the molecule is COc1ccc([C@@H](Br)[C@H](CO)Oc2ccccc2OC)cc1OC. The van der Waals surface area contributed by atoms with E-state index in [1.165, 1.54) is 0 Å². The van der Waals surface area contributed by atoms with E-state index in [1.807, 2.05) is 36.4 Å². The van der Waals surface area contributed by atoms with Gasteiger partial charge >= 0.3 is 0 Å². The van der Waals surface area contributed by atoms with Crippen LogP contribution in [-0.4, -0.2) is 39.1 Å². The molecule has 0 saturated heterocycles. The average molecular weight is 397 g/mol. The smallest absolute Gasteiger partial charge is 0.161 e. The summed E-state index contributed by atoms with van der Waals surface area (Å²) in [5.74, 6) is 2.45. The first kappa shape index (κ1) is 18.4. The van der Waals surface area contributed by atoms with Crippen LogP contribution in [0.15, 0.2) is 42.5 Å². The van der Waals surface area contributed by atoms with E-state index in [9.17, 15) is 5.11 Å². The van der Waals surface area contributed by atoms with Crippen LogP contribution >= 0.6 is 15.9 Å². The van der Waals surface area contributed by atoms with Crippen molar-refractivity contribution in [2.75, 3.05) is 27.9 Å². The number of para-hydroxylation sites is 2. The molecule has 0 aliphatic rings. The molecule has 0 aliphatic carbocycles. The van der Waals surface area contributed by atoms with Gasteiger partial charge in [0.25, 0.3) is 0 Å². The largest absolute Gasteiger partial charge is 0.493 e. The summed E-state index contributed by atoms with van der Waals surface area (Å²) < 4.78 is 21.8. The van der Waals surface area contributed by atoms with Gasteiger partial charge in [0.1, 0.15) is 6.10 Å². The normalized spacial score (nSPS) is 13.0. The first-order chi connectivity index (χ1) is 11.6. The molecule has 6 heteroatoms. The highest BCUT2D eigenvalue weighted by atomic mass is 79.9. The number of aliphatic hydroxyl groups is 1. The fraction of sp³-hybridized carbons (Fsp3) is 0.333. The molecule has 0 saturated carbocycles. The first-order valence-corrected chi connectivity index (χ1v) is 8.32. The minimum absolute atomic E-state index is 0.164. The lowest BCUT2D eigenvalue weighted by atomic mass is 10.1. The molecule has 0 heterocycles. The van der Waals surface area contributed by atoms with Gasteiger partial charge < -0.3 is 24.1 Å². The molecular weight excluding hydrogens is 376 g/mol. The minimum atomic E-state index is -0.501. The molecule has 0 aliphatic heterocycles. The van der Waals surface area contributed by atoms with E-state index in [2.05, 4.69) is 15.9 Å². The molecule has 0 fully saturated rings. The van der Waals surface area contributed by atoms with Crippen LogP contribution in [-0.2, 0) is 0 Å². The Morgan fingerprint density at radius 2 is 1.46 bits per heavy atom. The second kappa shape index (κ2) is 8.80. The van der Waals surface area contributed by atoms with Gasteiger partial charge in [0.15, 0.2) is 23.0 Å². The maximum Gasteiger partial charge on any atom is 0.161 e. The van der Waals surface area contributed by atoms with Crippen molar-refractivity contribution >= 4 is 15.9 Å². The molecule has 2 atom stereocenters. The molecular formula is C18H21BrO5. The van der Waals surface area contributed by atoms with E-state index in [0.29, 0.717) is 23.0 Å². The van der Waals surface area contributed by atoms with Crippen LogP contribution in [0.25, 0.3) is 0 Å². The zero-order valence-electron chi connectivity index (χ0n) is 13.9. The lowest BCUT2D eigenvalue weighted by Gasteiger charge is -2.24. The molecule has 24 heavy (non-hydrogen) atoms. The Bertz CT molecular complexity index is 662. The van der Waals surface area contributed by atoms with Crippen molar-refractivity contribution in [3.63, 3.8) is 0 Å². The summed E-state index contributed by atoms with van der Waals surface area (Å²) >= 11 is 3.60. The second-order valence-corrected chi connectivity index (χ2v) is 5.99. The third kappa shape index (κ3) is 4.13. The zero-order chi connectivity index (χ0) is 17.5. The first-order valence-electron chi connectivity index (χ1n) is 7.41. The molecule has 2 aromatic rings. The molecule has 130 valence electrons. The van der Waals surface area contributed by atoms with Gasteiger partial charge in [-0.25, -0.2) is 0 Å². The van der Waals surface area contributed by atoms with E-state index in [-0.39, 0.29) is 11.4 Å². The summed E-state index contributed by atoms with van der Waals surface area (Å²) in [4.78, 5) is -0.243. The standard InChI is InChI=1S/C18H21BrO5/c1-21-13-6-4-5-7-15(13)24-17(11-20)18(19)12-8-9-14(22-2)16(10-12)23-3/h4-10,17-18,20H,11H2,1-3H3/t17-,18+/m0/s1. The number of hydrogen-bond acceptors (Lipinski definition) is 5. The molecule has 0 spiro atoms. The number of benzene rings is 2.